The molecule has 0 aromatic carbocycles. The Bertz CT molecular complexity index is 599. The van der Waals surface area contributed by atoms with Gasteiger partial charge in [-0.15, -0.1) is 0 Å². The lowest BCUT2D eigenvalue weighted by Gasteiger charge is -2.36. The molecule has 0 bridgehead atoms. The molecule has 0 amide bonds. The fraction of sp³-hybridized carbons (Fsp3) is 0.417. The van der Waals surface area contributed by atoms with Crippen LogP contribution in [0.2, 0.25) is 0 Å². The van der Waals surface area contributed by atoms with Crippen molar-refractivity contribution in [3.8, 4) is 0 Å². The summed E-state index contributed by atoms with van der Waals surface area (Å²) in [6, 6.07) is 3.67. The summed E-state index contributed by atoms with van der Waals surface area (Å²) in [6.45, 7) is 0. The molecular formula is C12H13N3O2. The molecular weight excluding hydrogens is 218 g/mol. The lowest BCUT2D eigenvalue weighted by atomic mass is 9.68. The molecule has 2 aromatic heterocycles. The largest absolute Gasteiger partial charge is 0.480 e. The highest BCUT2D eigenvalue weighted by molar-refractivity contribution is 5.83. The summed E-state index contributed by atoms with van der Waals surface area (Å²) in [5.74, 6) is -0.146. The van der Waals surface area contributed by atoms with Crippen molar-refractivity contribution in [2.45, 2.75) is 24.7 Å². The van der Waals surface area contributed by atoms with Gasteiger partial charge in [0.15, 0.2) is 5.65 Å². The van der Waals surface area contributed by atoms with Crippen molar-refractivity contribution < 1.29 is 9.90 Å². The normalized spacial score (nSPS) is 17.9. The number of hydrogen-bond acceptors (Lipinski definition) is 3. The van der Waals surface area contributed by atoms with Crippen molar-refractivity contribution in [1.82, 2.24) is 14.5 Å². The number of pyridine rings is 1. The number of aromatic nitrogens is 3. The van der Waals surface area contributed by atoms with Gasteiger partial charge in [-0.25, -0.2) is 9.97 Å². The monoisotopic (exact) mass is 231 g/mol. The third-order valence-electron chi connectivity index (χ3n) is 3.67. The number of imidazole rings is 1. The average molecular weight is 231 g/mol. The van der Waals surface area contributed by atoms with Crippen molar-refractivity contribution >= 4 is 17.1 Å². The topological polar surface area (TPSA) is 68.0 Å². The predicted molar refractivity (Wildman–Crippen MR) is 61.7 cm³/mol. The van der Waals surface area contributed by atoms with Gasteiger partial charge in [-0.05, 0) is 25.0 Å². The standard InChI is InChI=1S/C12H13N3O2/c1-15-9-8(4-2-7-13-9)14-10(15)12(11(16)17)5-3-6-12/h2,4,7H,3,5-6H2,1H3,(H,16,17). The van der Waals surface area contributed by atoms with E-state index in [1.165, 1.54) is 0 Å². The lowest BCUT2D eigenvalue weighted by Crippen LogP contribution is -2.44. The van der Waals surface area contributed by atoms with Gasteiger partial charge in [-0.1, -0.05) is 6.42 Å². The molecule has 0 radical (unpaired) electrons. The maximum Gasteiger partial charge on any atom is 0.317 e. The maximum absolute atomic E-state index is 11.5. The van der Waals surface area contributed by atoms with Crippen LogP contribution in [-0.4, -0.2) is 25.6 Å². The molecule has 2 heterocycles. The Balaban J connectivity index is 2.24. The van der Waals surface area contributed by atoms with E-state index < -0.39 is 11.4 Å². The van der Waals surface area contributed by atoms with E-state index in [1.54, 1.807) is 6.20 Å². The van der Waals surface area contributed by atoms with Crippen LogP contribution >= 0.6 is 0 Å². The molecule has 0 spiro atoms. The van der Waals surface area contributed by atoms with E-state index in [-0.39, 0.29) is 0 Å². The second kappa shape index (κ2) is 3.29. The highest BCUT2D eigenvalue weighted by Gasteiger charge is 2.49. The van der Waals surface area contributed by atoms with Crippen LogP contribution in [0.1, 0.15) is 25.1 Å². The quantitative estimate of drug-likeness (QED) is 0.849. The number of carboxylic acid groups (broad SMARTS) is 1. The molecule has 0 aliphatic heterocycles. The van der Waals surface area contributed by atoms with E-state index >= 15 is 0 Å². The molecule has 5 heteroatoms. The molecule has 0 unspecified atom stereocenters. The summed E-state index contributed by atoms with van der Waals surface area (Å²) in [6.07, 6.45) is 3.98. The fourth-order valence-electron chi connectivity index (χ4n) is 2.52. The second-order valence-corrected chi connectivity index (χ2v) is 4.58. The summed E-state index contributed by atoms with van der Waals surface area (Å²) >= 11 is 0. The molecule has 1 aliphatic rings. The molecule has 1 saturated carbocycles. The molecule has 0 saturated heterocycles. The first-order valence-corrected chi connectivity index (χ1v) is 5.66. The number of nitrogens with zero attached hydrogens (tertiary/aromatic N) is 3. The third-order valence-corrected chi connectivity index (χ3v) is 3.67. The van der Waals surface area contributed by atoms with Crippen LogP contribution in [-0.2, 0) is 17.3 Å². The Kier molecular flexibility index (Phi) is 1.98. The predicted octanol–water partition coefficient (Wildman–Crippen LogP) is 1.47. The lowest BCUT2D eigenvalue weighted by molar-refractivity contribution is -0.148. The van der Waals surface area contributed by atoms with Gasteiger partial charge in [0.1, 0.15) is 16.8 Å². The SMILES string of the molecule is Cn1c(C2(C(=O)O)CCC2)nc2cccnc21. The van der Waals surface area contributed by atoms with Gasteiger partial charge in [0.05, 0.1) is 0 Å². The Hall–Kier alpha value is -1.91. The zero-order chi connectivity index (χ0) is 12.0. The van der Waals surface area contributed by atoms with Crippen molar-refractivity contribution in [2.24, 2.45) is 7.05 Å². The molecule has 88 valence electrons. The van der Waals surface area contributed by atoms with Gasteiger partial charge in [0, 0.05) is 13.2 Å². The van der Waals surface area contributed by atoms with Crippen molar-refractivity contribution in [2.75, 3.05) is 0 Å². The highest BCUT2D eigenvalue weighted by atomic mass is 16.4. The Morgan fingerprint density at radius 1 is 1.53 bits per heavy atom. The Morgan fingerprint density at radius 3 is 2.82 bits per heavy atom. The minimum absolute atomic E-state index is 0.630. The number of hydrogen-bond donors (Lipinski definition) is 1. The number of rotatable bonds is 2. The summed E-state index contributed by atoms with van der Waals surface area (Å²) in [5.41, 5.74) is 0.711. The van der Waals surface area contributed by atoms with Gasteiger partial charge >= 0.3 is 5.97 Å². The molecule has 0 atom stereocenters. The van der Waals surface area contributed by atoms with E-state index in [9.17, 15) is 9.90 Å². The van der Waals surface area contributed by atoms with Crippen LogP contribution in [0.25, 0.3) is 11.2 Å². The van der Waals surface area contributed by atoms with Gasteiger partial charge in [0.25, 0.3) is 0 Å². The number of fused-ring (bicyclic) bond motifs is 1. The fourth-order valence-corrected chi connectivity index (χ4v) is 2.52. The van der Waals surface area contributed by atoms with Gasteiger partial charge in [-0.2, -0.15) is 0 Å². The number of carboxylic acids is 1. The van der Waals surface area contributed by atoms with Crippen LogP contribution < -0.4 is 0 Å². The third kappa shape index (κ3) is 1.22. The first-order valence-electron chi connectivity index (χ1n) is 5.66. The van der Waals surface area contributed by atoms with E-state index in [0.29, 0.717) is 18.7 Å². The molecule has 17 heavy (non-hydrogen) atoms. The first-order chi connectivity index (χ1) is 8.15. The number of aryl methyl sites for hydroxylation is 1. The Morgan fingerprint density at radius 2 is 2.29 bits per heavy atom. The number of aliphatic carboxylic acids is 1. The summed E-state index contributed by atoms with van der Waals surface area (Å²) in [5, 5.41) is 9.41. The zero-order valence-corrected chi connectivity index (χ0v) is 9.55. The molecule has 1 fully saturated rings. The van der Waals surface area contributed by atoms with Crippen LogP contribution in [0.3, 0.4) is 0 Å². The van der Waals surface area contributed by atoms with E-state index in [2.05, 4.69) is 9.97 Å². The molecule has 2 aromatic rings. The average Bonchev–Trinajstić information content (AvgIpc) is 2.56. The maximum atomic E-state index is 11.5. The van der Waals surface area contributed by atoms with Gasteiger partial charge in [0.2, 0.25) is 0 Å². The van der Waals surface area contributed by atoms with Crippen LogP contribution in [0.5, 0.6) is 0 Å². The Labute approximate surface area is 98.1 Å². The van der Waals surface area contributed by atoms with E-state index in [1.807, 2.05) is 23.7 Å². The first kappa shape index (κ1) is 10.3. The zero-order valence-electron chi connectivity index (χ0n) is 9.55. The van der Waals surface area contributed by atoms with Crippen molar-refractivity contribution in [3.05, 3.63) is 24.2 Å². The van der Waals surface area contributed by atoms with E-state index in [0.717, 1.165) is 17.6 Å². The summed E-state index contributed by atoms with van der Waals surface area (Å²) in [7, 11) is 1.83. The molecule has 3 rings (SSSR count). The van der Waals surface area contributed by atoms with Crippen molar-refractivity contribution in [3.63, 3.8) is 0 Å². The molecule has 1 aliphatic carbocycles. The molecule has 5 nitrogen and oxygen atoms in total. The van der Waals surface area contributed by atoms with Crippen LogP contribution in [0.4, 0.5) is 0 Å². The smallest absolute Gasteiger partial charge is 0.317 e. The van der Waals surface area contributed by atoms with E-state index in [4.69, 9.17) is 0 Å². The van der Waals surface area contributed by atoms with Gasteiger partial charge in [-0.3, -0.25) is 4.79 Å². The number of carbonyl (C=O) groups is 1. The van der Waals surface area contributed by atoms with Crippen LogP contribution in [0, 0.1) is 0 Å². The second-order valence-electron chi connectivity index (χ2n) is 4.58. The molecule has 1 N–H and O–H groups in total. The summed E-state index contributed by atoms with van der Waals surface area (Å²) < 4.78 is 1.81. The van der Waals surface area contributed by atoms with Crippen LogP contribution in [0.15, 0.2) is 18.3 Å². The van der Waals surface area contributed by atoms with Crippen molar-refractivity contribution in [1.29, 1.82) is 0 Å². The summed E-state index contributed by atoms with van der Waals surface area (Å²) in [4.78, 5) is 20.1. The minimum atomic E-state index is -0.796. The minimum Gasteiger partial charge on any atom is -0.480 e. The highest BCUT2D eigenvalue weighted by Crippen LogP contribution is 2.43. The van der Waals surface area contributed by atoms with Gasteiger partial charge < -0.3 is 9.67 Å².